The number of carbonyl (C=O) groups is 1. The second kappa shape index (κ2) is 5.09. The first-order valence-corrected chi connectivity index (χ1v) is 6.40. The third kappa shape index (κ3) is 3.17. The van der Waals surface area contributed by atoms with Gasteiger partial charge in [-0.15, -0.1) is 0 Å². The van der Waals surface area contributed by atoms with Crippen LogP contribution in [-0.4, -0.2) is 41.7 Å². The summed E-state index contributed by atoms with van der Waals surface area (Å²) in [5, 5.41) is 9.20. The maximum absolute atomic E-state index is 11.2. The lowest BCUT2D eigenvalue weighted by molar-refractivity contribution is 0.0226. The van der Waals surface area contributed by atoms with Gasteiger partial charge in [0.2, 0.25) is 0 Å². The molecule has 1 fully saturated rings. The SMILES string of the molecule is CN1CCC(C)(Oc2ccc(N)cc2C(=O)O)CC1. The summed E-state index contributed by atoms with van der Waals surface area (Å²) in [5.74, 6) is -0.618. The summed E-state index contributed by atoms with van der Waals surface area (Å²) in [7, 11) is 2.07. The zero-order valence-electron chi connectivity index (χ0n) is 11.3. The van der Waals surface area contributed by atoms with Gasteiger partial charge in [0, 0.05) is 18.8 Å². The highest BCUT2D eigenvalue weighted by Gasteiger charge is 2.32. The second-order valence-corrected chi connectivity index (χ2v) is 5.42. The first-order chi connectivity index (χ1) is 8.89. The van der Waals surface area contributed by atoms with E-state index in [-0.39, 0.29) is 11.2 Å². The fraction of sp³-hybridized carbons (Fsp3) is 0.500. The van der Waals surface area contributed by atoms with Crippen molar-refractivity contribution in [1.29, 1.82) is 0 Å². The molecule has 5 nitrogen and oxygen atoms in total. The number of carboxylic acids is 1. The van der Waals surface area contributed by atoms with E-state index in [1.165, 1.54) is 6.07 Å². The second-order valence-electron chi connectivity index (χ2n) is 5.42. The zero-order valence-corrected chi connectivity index (χ0v) is 11.3. The van der Waals surface area contributed by atoms with Gasteiger partial charge in [0.1, 0.15) is 16.9 Å². The zero-order chi connectivity index (χ0) is 14.0. The Bertz CT molecular complexity index is 480. The predicted molar refractivity (Wildman–Crippen MR) is 73.6 cm³/mol. The highest BCUT2D eigenvalue weighted by molar-refractivity contribution is 5.92. The maximum atomic E-state index is 11.2. The van der Waals surface area contributed by atoms with Crippen molar-refractivity contribution in [3.63, 3.8) is 0 Å². The molecule has 0 atom stereocenters. The Labute approximate surface area is 113 Å². The number of aromatic carboxylic acids is 1. The Hall–Kier alpha value is -1.75. The topological polar surface area (TPSA) is 75.8 Å². The molecule has 0 spiro atoms. The average molecular weight is 264 g/mol. The molecular weight excluding hydrogens is 244 g/mol. The van der Waals surface area contributed by atoms with Crippen LogP contribution in [0.25, 0.3) is 0 Å². The van der Waals surface area contributed by atoms with E-state index >= 15 is 0 Å². The number of hydrogen-bond acceptors (Lipinski definition) is 4. The van der Waals surface area contributed by atoms with E-state index in [9.17, 15) is 9.90 Å². The van der Waals surface area contributed by atoms with Crippen LogP contribution in [0.3, 0.4) is 0 Å². The van der Waals surface area contributed by atoms with Gasteiger partial charge in [-0.2, -0.15) is 0 Å². The number of likely N-dealkylation sites (tertiary alicyclic amines) is 1. The number of ether oxygens (including phenoxy) is 1. The monoisotopic (exact) mass is 264 g/mol. The highest BCUT2D eigenvalue weighted by atomic mass is 16.5. The molecule has 1 aromatic rings. The Morgan fingerprint density at radius 2 is 2.05 bits per heavy atom. The van der Waals surface area contributed by atoms with Crippen molar-refractivity contribution in [3.8, 4) is 5.75 Å². The summed E-state index contributed by atoms with van der Waals surface area (Å²) >= 11 is 0. The molecule has 1 aromatic carbocycles. The summed E-state index contributed by atoms with van der Waals surface area (Å²) in [6.07, 6.45) is 1.76. The molecule has 1 aliphatic rings. The lowest BCUT2D eigenvalue weighted by Gasteiger charge is -2.38. The quantitative estimate of drug-likeness (QED) is 0.815. The number of nitrogen functional groups attached to an aromatic ring is 1. The van der Waals surface area contributed by atoms with Crippen LogP contribution in [0, 0.1) is 0 Å². The first-order valence-electron chi connectivity index (χ1n) is 6.40. The van der Waals surface area contributed by atoms with Crippen LogP contribution in [0.4, 0.5) is 5.69 Å². The van der Waals surface area contributed by atoms with E-state index in [1.54, 1.807) is 12.1 Å². The standard InChI is InChI=1S/C14H20N2O3/c1-14(5-7-16(2)8-6-14)19-12-4-3-10(15)9-11(12)13(17)18/h3-4,9H,5-8,15H2,1-2H3,(H,17,18). The molecule has 5 heteroatoms. The van der Waals surface area contributed by atoms with Gasteiger partial charge in [-0.05, 0) is 45.0 Å². The number of piperidine rings is 1. The molecule has 1 heterocycles. The molecular formula is C14H20N2O3. The lowest BCUT2D eigenvalue weighted by atomic mass is 9.93. The van der Waals surface area contributed by atoms with Gasteiger partial charge in [0.05, 0.1) is 0 Å². The van der Waals surface area contributed by atoms with E-state index in [4.69, 9.17) is 10.5 Å². The van der Waals surface area contributed by atoms with Gasteiger partial charge in [0.25, 0.3) is 0 Å². The predicted octanol–water partition coefficient (Wildman–Crippen LogP) is 1.83. The molecule has 19 heavy (non-hydrogen) atoms. The molecule has 104 valence electrons. The van der Waals surface area contributed by atoms with Gasteiger partial charge in [-0.3, -0.25) is 0 Å². The Morgan fingerprint density at radius 3 is 2.63 bits per heavy atom. The Balaban J connectivity index is 2.21. The normalized spacial score (nSPS) is 19.1. The van der Waals surface area contributed by atoms with Crippen LogP contribution in [0.1, 0.15) is 30.1 Å². The molecule has 1 saturated heterocycles. The first kappa shape index (κ1) is 13.7. The van der Waals surface area contributed by atoms with Gasteiger partial charge in [0.15, 0.2) is 0 Å². The molecule has 0 saturated carbocycles. The number of hydrogen-bond donors (Lipinski definition) is 2. The number of benzene rings is 1. The number of carboxylic acid groups (broad SMARTS) is 1. The van der Waals surface area contributed by atoms with Gasteiger partial charge < -0.3 is 20.5 Å². The fourth-order valence-electron chi connectivity index (χ4n) is 2.26. The van der Waals surface area contributed by atoms with E-state index in [0.717, 1.165) is 25.9 Å². The van der Waals surface area contributed by atoms with Crippen molar-refractivity contribution >= 4 is 11.7 Å². The molecule has 2 rings (SSSR count). The van der Waals surface area contributed by atoms with Crippen molar-refractivity contribution in [2.45, 2.75) is 25.4 Å². The van der Waals surface area contributed by atoms with Crippen LogP contribution in [0.5, 0.6) is 5.75 Å². The number of nitrogens with zero attached hydrogens (tertiary/aromatic N) is 1. The summed E-state index contributed by atoms with van der Waals surface area (Å²) in [5.41, 5.74) is 5.87. The van der Waals surface area contributed by atoms with Gasteiger partial charge >= 0.3 is 5.97 Å². The Kier molecular flexibility index (Phi) is 3.66. The molecule has 0 radical (unpaired) electrons. The van der Waals surface area contributed by atoms with E-state index in [2.05, 4.69) is 11.9 Å². The van der Waals surface area contributed by atoms with Crippen molar-refractivity contribution in [2.24, 2.45) is 0 Å². The number of anilines is 1. The number of nitrogens with two attached hydrogens (primary N) is 1. The van der Waals surface area contributed by atoms with Crippen molar-refractivity contribution in [3.05, 3.63) is 23.8 Å². The van der Waals surface area contributed by atoms with Crippen LogP contribution in [-0.2, 0) is 0 Å². The lowest BCUT2D eigenvalue weighted by Crippen LogP contribution is -2.44. The molecule has 3 N–H and O–H groups in total. The summed E-state index contributed by atoms with van der Waals surface area (Å²) in [6.45, 7) is 3.93. The molecule has 0 amide bonds. The molecule has 0 unspecified atom stereocenters. The van der Waals surface area contributed by atoms with Crippen LogP contribution in [0.2, 0.25) is 0 Å². The Morgan fingerprint density at radius 1 is 1.42 bits per heavy atom. The van der Waals surface area contributed by atoms with Gasteiger partial charge in [-0.1, -0.05) is 0 Å². The highest BCUT2D eigenvalue weighted by Crippen LogP contribution is 2.31. The van der Waals surface area contributed by atoms with Crippen molar-refractivity contribution in [2.75, 3.05) is 25.9 Å². The molecule has 1 aliphatic heterocycles. The van der Waals surface area contributed by atoms with E-state index in [1.807, 2.05) is 6.92 Å². The largest absolute Gasteiger partial charge is 0.487 e. The molecule has 0 aliphatic carbocycles. The summed E-state index contributed by atoms with van der Waals surface area (Å²) in [4.78, 5) is 13.5. The fourth-order valence-corrected chi connectivity index (χ4v) is 2.26. The number of rotatable bonds is 3. The van der Waals surface area contributed by atoms with Crippen molar-refractivity contribution in [1.82, 2.24) is 4.90 Å². The summed E-state index contributed by atoms with van der Waals surface area (Å²) < 4.78 is 5.98. The molecule has 0 bridgehead atoms. The van der Waals surface area contributed by atoms with Crippen LogP contribution in [0.15, 0.2) is 18.2 Å². The maximum Gasteiger partial charge on any atom is 0.339 e. The third-order valence-electron chi connectivity index (χ3n) is 3.64. The van der Waals surface area contributed by atoms with Crippen LogP contribution >= 0.6 is 0 Å². The average Bonchev–Trinajstić information content (AvgIpc) is 2.35. The van der Waals surface area contributed by atoms with Crippen LogP contribution < -0.4 is 10.5 Å². The van der Waals surface area contributed by atoms with Gasteiger partial charge in [-0.25, -0.2) is 4.79 Å². The minimum absolute atomic E-state index is 0.125. The molecule has 0 aromatic heterocycles. The summed E-state index contributed by atoms with van der Waals surface area (Å²) in [6, 6.07) is 4.75. The van der Waals surface area contributed by atoms with E-state index < -0.39 is 5.97 Å². The third-order valence-corrected chi connectivity index (χ3v) is 3.64. The minimum atomic E-state index is -1.01. The smallest absolute Gasteiger partial charge is 0.339 e. The minimum Gasteiger partial charge on any atom is -0.487 e. The van der Waals surface area contributed by atoms with E-state index in [0.29, 0.717) is 11.4 Å². The van der Waals surface area contributed by atoms with Crippen molar-refractivity contribution < 1.29 is 14.6 Å².